The van der Waals surface area contributed by atoms with Crippen molar-refractivity contribution >= 4 is 53.6 Å². The molecule has 0 bridgehead atoms. The van der Waals surface area contributed by atoms with Crippen molar-refractivity contribution < 1.29 is 18.0 Å². The molecule has 0 radical (unpaired) electrons. The Hall–Kier alpha value is -2.41. The van der Waals surface area contributed by atoms with Crippen molar-refractivity contribution in [3.05, 3.63) is 63.1 Å². The second kappa shape index (κ2) is 8.38. The van der Waals surface area contributed by atoms with Gasteiger partial charge in [-0.2, -0.15) is 36.2 Å². The van der Waals surface area contributed by atoms with Gasteiger partial charge in [0.25, 0.3) is 0 Å². The fraction of sp³-hybridized carbons (Fsp3) is 0.211. The van der Waals surface area contributed by atoms with Gasteiger partial charge in [-0.3, -0.25) is 4.79 Å². The number of nitrogens with zero attached hydrogens (tertiary/aromatic N) is 3. The van der Waals surface area contributed by atoms with Crippen molar-refractivity contribution in [1.82, 2.24) is 5.32 Å². The van der Waals surface area contributed by atoms with E-state index in [1.807, 2.05) is 6.07 Å². The molecule has 1 atom stereocenters. The summed E-state index contributed by atoms with van der Waals surface area (Å²) >= 11 is 15.6. The summed E-state index contributed by atoms with van der Waals surface area (Å²) in [5.74, 6) is -0.843. The van der Waals surface area contributed by atoms with Gasteiger partial charge >= 0.3 is 6.18 Å². The van der Waals surface area contributed by atoms with E-state index >= 15 is 0 Å². The third-order valence-corrected chi connectivity index (χ3v) is 5.58. The number of nitriles is 1. The Morgan fingerprint density at radius 3 is 2.43 bits per heavy atom. The standard InChI is InChI=1S/C19H13Cl2F3N4OS/c20-14-4-13(5-15(21)6-14)18(30,19(22,23)24)7-17(29)11-1-2-16(12(3-11)8-25)28-10-26-9-27-28/h1-6,9,30H,7,10H2,(H,26,27). The number of thiol groups is 1. The zero-order valence-corrected chi connectivity index (χ0v) is 17.4. The highest BCUT2D eigenvalue weighted by molar-refractivity contribution is 7.81. The van der Waals surface area contributed by atoms with E-state index in [4.69, 9.17) is 23.2 Å². The summed E-state index contributed by atoms with van der Waals surface area (Å²) in [5, 5.41) is 17.7. The second-order valence-corrected chi connectivity index (χ2v) is 8.10. The fourth-order valence-electron chi connectivity index (χ4n) is 2.94. The molecule has 0 amide bonds. The summed E-state index contributed by atoms with van der Waals surface area (Å²) in [6.45, 7) is 0.325. The van der Waals surface area contributed by atoms with Crippen LogP contribution in [-0.2, 0) is 4.75 Å². The molecule has 1 aliphatic heterocycles. The predicted octanol–water partition coefficient (Wildman–Crippen LogP) is 5.14. The van der Waals surface area contributed by atoms with Gasteiger partial charge in [-0.15, -0.1) is 0 Å². The Kier molecular flexibility index (Phi) is 6.22. The third kappa shape index (κ3) is 4.36. The number of hydrogen-bond donors (Lipinski definition) is 2. The van der Waals surface area contributed by atoms with E-state index < -0.39 is 23.1 Å². The van der Waals surface area contributed by atoms with Gasteiger partial charge < -0.3 is 5.32 Å². The average molecular weight is 473 g/mol. The van der Waals surface area contributed by atoms with Crippen molar-refractivity contribution in [2.24, 2.45) is 5.10 Å². The van der Waals surface area contributed by atoms with Crippen LogP contribution in [0.1, 0.15) is 27.9 Å². The van der Waals surface area contributed by atoms with Crippen LogP contribution in [0.4, 0.5) is 18.9 Å². The predicted molar refractivity (Wildman–Crippen MR) is 112 cm³/mol. The first-order chi connectivity index (χ1) is 14.0. The van der Waals surface area contributed by atoms with E-state index in [1.165, 1.54) is 35.6 Å². The molecule has 11 heteroatoms. The molecule has 30 heavy (non-hydrogen) atoms. The smallest absolute Gasteiger partial charge is 0.356 e. The molecule has 156 valence electrons. The zero-order chi connectivity index (χ0) is 22.1. The molecule has 1 N–H and O–H groups in total. The molecule has 5 nitrogen and oxygen atoms in total. The minimum Gasteiger partial charge on any atom is -0.356 e. The second-order valence-electron chi connectivity index (χ2n) is 6.47. The first kappa shape index (κ1) is 22.3. The molecule has 1 aliphatic rings. The van der Waals surface area contributed by atoms with Gasteiger partial charge in [-0.25, -0.2) is 5.01 Å². The minimum absolute atomic E-state index is 0.0106. The van der Waals surface area contributed by atoms with Gasteiger partial charge in [0.1, 0.15) is 23.8 Å². The van der Waals surface area contributed by atoms with Crippen LogP contribution in [-0.4, -0.2) is 25.0 Å². The fourth-order valence-corrected chi connectivity index (χ4v) is 3.74. The number of nitrogens with one attached hydrogen (secondary N) is 1. The monoisotopic (exact) mass is 472 g/mol. The lowest BCUT2D eigenvalue weighted by molar-refractivity contribution is -0.160. The van der Waals surface area contributed by atoms with Crippen LogP contribution in [0.2, 0.25) is 10.0 Å². The Morgan fingerprint density at radius 1 is 1.23 bits per heavy atom. The lowest BCUT2D eigenvalue weighted by Gasteiger charge is -2.31. The van der Waals surface area contributed by atoms with Crippen molar-refractivity contribution in [2.75, 3.05) is 11.7 Å². The highest BCUT2D eigenvalue weighted by Gasteiger charge is 2.54. The van der Waals surface area contributed by atoms with Crippen molar-refractivity contribution in [3.8, 4) is 6.07 Å². The van der Waals surface area contributed by atoms with Crippen molar-refractivity contribution in [2.45, 2.75) is 17.3 Å². The number of carbonyl (C=O) groups excluding carboxylic acids is 1. The maximum Gasteiger partial charge on any atom is 0.407 e. The van der Waals surface area contributed by atoms with E-state index in [0.29, 0.717) is 12.4 Å². The number of Topliss-reactive ketones (excluding diaryl/α,β-unsaturated/α-hetero) is 1. The van der Waals surface area contributed by atoms with E-state index in [0.717, 1.165) is 12.1 Å². The molecule has 0 fully saturated rings. The molecular weight excluding hydrogens is 460 g/mol. The van der Waals surface area contributed by atoms with Crippen LogP contribution in [0.3, 0.4) is 0 Å². The maximum absolute atomic E-state index is 13.9. The number of hydrogen-bond acceptors (Lipinski definition) is 6. The van der Waals surface area contributed by atoms with Crippen LogP contribution in [0.15, 0.2) is 41.5 Å². The molecule has 1 unspecified atom stereocenters. The van der Waals surface area contributed by atoms with E-state index in [-0.39, 0.29) is 26.7 Å². The molecule has 0 spiro atoms. The first-order valence-corrected chi connectivity index (χ1v) is 9.62. The number of anilines is 1. The molecule has 2 aromatic carbocycles. The quantitative estimate of drug-likeness (QED) is 0.467. The van der Waals surface area contributed by atoms with Crippen LogP contribution in [0.5, 0.6) is 0 Å². The number of ketones is 1. The maximum atomic E-state index is 13.9. The van der Waals surface area contributed by atoms with Gasteiger partial charge in [-0.1, -0.05) is 23.2 Å². The topological polar surface area (TPSA) is 68.5 Å². The molecular formula is C19H13Cl2F3N4OS. The molecule has 2 aromatic rings. The lowest BCUT2D eigenvalue weighted by atomic mass is 9.89. The van der Waals surface area contributed by atoms with Gasteiger partial charge in [0.05, 0.1) is 11.3 Å². The number of halogens is 5. The molecule has 3 rings (SSSR count). The molecule has 0 aromatic heterocycles. The van der Waals surface area contributed by atoms with Crippen LogP contribution in [0.25, 0.3) is 0 Å². The van der Waals surface area contributed by atoms with Gasteiger partial charge in [0, 0.05) is 22.0 Å². The first-order valence-electron chi connectivity index (χ1n) is 8.41. The van der Waals surface area contributed by atoms with E-state index in [1.54, 1.807) is 0 Å². The molecule has 1 heterocycles. The molecule has 0 saturated heterocycles. The largest absolute Gasteiger partial charge is 0.407 e. The molecule has 0 saturated carbocycles. The van der Waals surface area contributed by atoms with E-state index in [9.17, 15) is 23.2 Å². The van der Waals surface area contributed by atoms with Gasteiger partial charge in [-0.05, 0) is 42.0 Å². The van der Waals surface area contributed by atoms with Crippen molar-refractivity contribution in [1.29, 1.82) is 5.26 Å². The molecule has 0 aliphatic carbocycles. The van der Waals surface area contributed by atoms with Gasteiger partial charge in [0.15, 0.2) is 5.78 Å². The zero-order valence-electron chi connectivity index (χ0n) is 15.0. The Labute approximate surface area is 185 Å². The van der Waals surface area contributed by atoms with Crippen LogP contribution < -0.4 is 10.3 Å². The average Bonchev–Trinajstić information content (AvgIpc) is 3.20. The lowest BCUT2D eigenvalue weighted by Crippen LogP contribution is -2.39. The number of alkyl halides is 3. The minimum atomic E-state index is -4.88. The number of benzene rings is 2. The highest BCUT2D eigenvalue weighted by Crippen LogP contribution is 2.48. The Balaban J connectivity index is 1.97. The summed E-state index contributed by atoms with van der Waals surface area (Å²) in [5.41, 5.74) is 0.121. The number of rotatable bonds is 5. The normalized spacial score (nSPS) is 15.4. The summed E-state index contributed by atoms with van der Waals surface area (Å²) in [7, 11) is 0. The van der Waals surface area contributed by atoms with Gasteiger partial charge in [0.2, 0.25) is 0 Å². The summed E-state index contributed by atoms with van der Waals surface area (Å²) in [4.78, 5) is 12.8. The van der Waals surface area contributed by atoms with Crippen LogP contribution in [0, 0.1) is 11.3 Å². The Morgan fingerprint density at radius 2 is 1.90 bits per heavy atom. The van der Waals surface area contributed by atoms with Crippen molar-refractivity contribution in [3.63, 3.8) is 0 Å². The highest BCUT2D eigenvalue weighted by atomic mass is 35.5. The number of carbonyl (C=O) groups is 1. The summed E-state index contributed by atoms with van der Waals surface area (Å²) < 4.78 is 39.0. The van der Waals surface area contributed by atoms with Crippen LogP contribution >= 0.6 is 35.8 Å². The Bertz CT molecular complexity index is 1050. The van der Waals surface area contributed by atoms with E-state index in [2.05, 4.69) is 23.0 Å². The summed E-state index contributed by atoms with van der Waals surface area (Å²) in [6, 6.07) is 9.41. The third-order valence-electron chi connectivity index (χ3n) is 4.47. The summed E-state index contributed by atoms with van der Waals surface area (Å²) in [6.07, 6.45) is -4.45. The SMILES string of the molecule is N#Cc1cc(C(=O)CC(S)(c2cc(Cl)cc(Cl)c2)C(F)(F)F)ccc1N1CNC=N1. The number of hydrazone groups is 1.